The Morgan fingerprint density at radius 1 is 0.970 bits per heavy atom. The highest BCUT2D eigenvalue weighted by molar-refractivity contribution is 5.96. The van der Waals surface area contributed by atoms with Crippen molar-refractivity contribution in [2.45, 2.75) is 25.8 Å². The second kappa shape index (κ2) is 12.0. The Balaban J connectivity index is 2.01. The Morgan fingerprint density at radius 2 is 1.73 bits per heavy atom. The average Bonchev–Trinajstić information content (AvgIpc) is 2.86. The highest BCUT2D eigenvalue weighted by Crippen LogP contribution is 2.35. The van der Waals surface area contributed by atoms with E-state index in [-0.39, 0.29) is 19.1 Å². The molecule has 0 fully saturated rings. The predicted molar refractivity (Wildman–Crippen MR) is 129 cm³/mol. The maximum absolute atomic E-state index is 12.9. The molecule has 3 N–H and O–H groups in total. The van der Waals surface area contributed by atoms with Gasteiger partial charge >= 0.3 is 0 Å². The lowest BCUT2D eigenvalue weighted by Gasteiger charge is -2.18. The minimum absolute atomic E-state index is 0.326. The standard InChI is InChI=1S/C27H31NO5/c1-3-33-26-14-12-23(32-2)16-25(26)21-11-13-24(27(31)28-22(17-29)18-30)20(15-21)10-9-19-7-5-4-6-8-19/h4-8,11-16,22,29-30H,3,9-10,17-18H2,1-2H3,(H,28,31). The average molecular weight is 450 g/mol. The van der Waals surface area contributed by atoms with Gasteiger partial charge in [0.25, 0.3) is 5.91 Å². The summed E-state index contributed by atoms with van der Waals surface area (Å²) in [6.07, 6.45) is 1.42. The van der Waals surface area contributed by atoms with Crippen LogP contribution < -0.4 is 14.8 Å². The molecule has 0 radical (unpaired) electrons. The Hall–Kier alpha value is -3.35. The number of aliphatic hydroxyl groups excluding tert-OH is 2. The molecule has 1 amide bonds. The number of ether oxygens (including phenoxy) is 2. The molecule has 0 aromatic heterocycles. The Morgan fingerprint density at radius 3 is 2.39 bits per heavy atom. The first-order valence-corrected chi connectivity index (χ1v) is 11.1. The highest BCUT2D eigenvalue weighted by Gasteiger charge is 2.18. The smallest absolute Gasteiger partial charge is 0.251 e. The first kappa shape index (κ1) is 24.3. The van der Waals surface area contributed by atoms with Gasteiger partial charge < -0.3 is 25.0 Å². The van der Waals surface area contributed by atoms with Crippen LogP contribution in [0.4, 0.5) is 0 Å². The van der Waals surface area contributed by atoms with E-state index in [4.69, 9.17) is 9.47 Å². The van der Waals surface area contributed by atoms with Crippen LogP contribution >= 0.6 is 0 Å². The van der Waals surface area contributed by atoms with Crippen molar-refractivity contribution in [2.24, 2.45) is 0 Å². The van der Waals surface area contributed by atoms with Gasteiger partial charge in [0.1, 0.15) is 11.5 Å². The molecule has 0 saturated carbocycles. The third-order valence-electron chi connectivity index (χ3n) is 5.45. The van der Waals surface area contributed by atoms with Gasteiger partial charge in [-0.25, -0.2) is 0 Å². The molecule has 0 heterocycles. The van der Waals surface area contributed by atoms with Crippen LogP contribution in [-0.4, -0.2) is 49.1 Å². The number of nitrogens with one attached hydrogen (secondary N) is 1. The van der Waals surface area contributed by atoms with Crippen LogP contribution in [0, 0.1) is 0 Å². The lowest BCUT2D eigenvalue weighted by atomic mass is 9.94. The van der Waals surface area contributed by atoms with Crippen molar-refractivity contribution in [3.63, 3.8) is 0 Å². The van der Waals surface area contributed by atoms with Gasteiger partial charge in [0.05, 0.1) is 33.0 Å². The van der Waals surface area contributed by atoms with Gasteiger partial charge in [0.2, 0.25) is 0 Å². The number of carbonyl (C=O) groups excluding carboxylic acids is 1. The maximum atomic E-state index is 12.9. The Labute approximate surface area is 194 Å². The number of methoxy groups -OCH3 is 1. The van der Waals surface area contributed by atoms with E-state index in [1.165, 1.54) is 5.56 Å². The van der Waals surface area contributed by atoms with Gasteiger partial charge in [-0.3, -0.25) is 4.79 Å². The molecule has 0 spiro atoms. The summed E-state index contributed by atoms with van der Waals surface area (Å²) in [5, 5.41) is 21.4. The molecule has 3 aromatic rings. The first-order chi connectivity index (χ1) is 16.1. The summed E-state index contributed by atoms with van der Waals surface area (Å²) in [5.74, 6) is 1.13. The topological polar surface area (TPSA) is 88.0 Å². The summed E-state index contributed by atoms with van der Waals surface area (Å²) in [5.41, 5.74) is 4.36. The van der Waals surface area contributed by atoms with E-state index in [2.05, 4.69) is 17.4 Å². The van der Waals surface area contributed by atoms with Gasteiger partial charge in [-0.05, 0) is 60.7 Å². The molecule has 33 heavy (non-hydrogen) atoms. The molecule has 0 saturated heterocycles. The fourth-order valence-corrected chi connectivity index (χ4v) is 3.67. The van der Waals surface area contributed by atoms with Crippen molar-refractivity contribution in [3.8, 4) is 22.6 Å². The van der Waals surface area contributed by atoms with Crippen LogP contribution in [0.3, 0.4) is 0 Å². The molecule has 0 unspecified atom stereocenters. The molecule has 0 atom stereocenters. The van der Waals surface area contributed by atoms with E-state index in [9.17, 15) is 15.0 Å². The van der Waals surface area contributed by atoms with Crippen LogP contribution in [0.1, 0.15) is 28.4 Å². The molecule has 0 bridgehead atoms. The summed E-state index contributed by atoms with van der Waals surface area (Å²) in [7, 11) is 1.62. The van der Waals surface area contributed by atoms with E-state index in [1.54, 1.807) is 13.2 Å². The molecule has 174 valence electrons. The number of benzene rings is 3. The third-order valence-corrected chi connectivity index (χ3v) is 5.45. The third kappa shape index (κ3) is 6.34. The van der Waals surface area contributed by atoms with Crippen molar-refractivity contribution in [1.29, 1.82) is 0 Å². The van der Waals surface area contributed by atoms with Crippen molar-refractivity contribution < 1.29 is 24.5 Å². The number of aryl methyl sites for hydroxylation is 2. The highest BCUT2D eigenvalue weighted by atomic mass is 16.5. The largest absolute Gasteiger partial charge is 0.497 e. The van der Waals surface area contributed by atoms with Gasteiger partial charge in [-0.2, -0.15) is 0 Å². The lowest BCUT2D eigenvalue weighted by molar-refractivity contribution is 0.0878. The molecular weight excluding hydrogens is 418 g/mol. The molecule has 3 rings (SSSR count). The number of hydrogen-bond acceptors (Lipinski definition) is 5. The predicted octanol–water partition coefficient (Wildman–Crippen LogP) is 3.63. The second-order valence-electron chi connectivity index (χ2n) is 7.69. The van der Waals surface area contributed by atoms with E-state index in [0.717, 1.165) is 34.6 Å². The van der Waals surface area contributed by atoms with Gasteiger partial charge in [-0.15, -0.1) is 0 Å². The summed E-state index contributed by atoms with van der Waals surface area (Å²) in [6, 6.07) is 20.7. The molecule has 0 aliphatic heterocycles. The molecule has 0 aliphatic carbocycles. The Kier molecular flexibility index (Phi) is 8.87. The number of rotatable bonds is 11. The molecular formula is C27H31NO5. The van der Waals surface area contributed by atoms with Crippen LogP contribution in [0.2, 0.25) is 0 Å². The van der Waals surface area contributed by atoms with Gasteiger partial charge in [-0.1, -0.05) is 42.5 Å². The zero-order chi connectivity index (χ0) is 23.6. The van der Waals surface area contributed by atoms with Gasteiger partial charge in [0, 0.05) is 11.1 Å². The van der Waals surface area contributed by atoms with Crippen molar-refractivity contribution >= 4 is 5.91 Å². The molecule has 0 aliphatic rings. The van der Waals surface area contributed by atoms with E-state index < -0.39 is 6.04 Å². The van der Waals surface area contributed by atoms with Crippen molar-refractivity contribution in [3.05, 3.63) is 83.4 Å². The van der Waals surface area contributed by atoms with Crippen LogP contribution in [0.15, 0.2) is 66.7 Å². The summed E-state index contributed by atoms with van der Waals surface area (Å²) in [4.78, 5) is 12.9. The number of carbonyl (C=O) groups is 1. The fraction of sp³-hybridized carbons (Fsp3) is 0.296. The molecule has 3 aromatic carbocycles. The minimum Gasteiger partial charge on any atom is -0.497 e. The van der Waals surface area contributed by atoms with Gasteiger partial charge in [0.15, 0.2) is 0 Å². The number of amides is 1. The van der Waals surface area contributed by atoms with Crippen LogP contribution in [-0.2, 0) is 12.8 Å². The zero-order valence-electron chi connectivity index (χ0n) is 19.1. The molecule has 6 heteroatoms. The maximum Gasteiger partial charge on any atom is 0.251 e. The monoisotopic (exact) mass is 449 g/mol. The SMILES string of the molecule is CCOc1ccc(OC)cc1-c1ccc(C(=O)NC(CO)CO)c(CCc2ccccc2)c1. The number of hydrogen-bond donors (Lipinski definition) is 3. The molecule has 6 nitrogen and oxygen atoms in total. The van der Waals surface area contributed by atoms with Crippen molar-refractivity contribution in [1.82, 2.24) is 5.32 Å². The minimum atomic E-state index is -0.706. The normalized spacial score (nSPS) is 10.8. The van der Waals surface area contributed by atoms with E-state index in [0.29, 0.717) is 18.6 Å². The second-order valence-corrected chi connectivity index (χ2v) is 7.69. The Bertz CT molecular complexity index is 1050. The zero-order valence-corrected chi connectivity index (χ0v) is 19.1. The lowest BCUT2D eigenvalue weighted by Crippen LogP contribution is -2.40. The summed E-state index contributed by atoms with van der Waals surface area (Å²) in [6.45, 7) is 1.80. The van der Waals surface area contributed by atoms with Crippen molar-refractivity contribution in [2.75, 3.05) is 26.9 Å². The van der Waals surface area contributed by atoms with Crippen LogP contribution in [0.25, 0.3) is 11.1 Å². The first-order valence-electron chi connectivity index (χ1n) is 11.1. The van der Waals surface area contributed by atoms with Crippen LogP contribution in [0.5, 0.6) is 11.5 Å². The van der Waals surface area contributed by atoms with E-state index >= 15 is 0 Å². The summed E-state index contributed by atoms with van der Waals surface area (Å²) < 4.78 is 11.2. The quantitative estimate of drug-likeness (QED) is 0.416. The van der Waals surface area contributed by atoms with E-state index in [1.807, 2.05) is 55.5 Å². The fourth-order valence-electron chi connectivity index (χ4n) is 3.67. The summed E-state index contributed by atoms with van der Waals surface area (Å²) >= 11 is 0. The number of aliphatic hydroxyl groups is 2.